The normalized spacial score (nSPS) is 28.4. The highest BCUT2D eigenvalue weighted by Crippen LogP contribution is 2.30. The molecule has 0 spiro atoms. The Morgan fingerprint density at radius 2 is 1.44 bits per heavy atom. The second-order valence-corrected chi connectivity index (χ2v) is 12.0. The topological polar surface area (TPSA) is 261 Å². The number of nitrogens with one attached hydrogen (secondary N) is 1. The molecule has 0 aliphatic carbocycles. The molecular weight excluding hydrogens is 720 g/mol. The molecular formula is C34H48N4O16. The Morgan fingerprint density at radius 3 is 2.07 bits per heavy atom. The van der Waals surface area contributed by atoms with Gasteiger partial charge in [-0.2, -0.15) is 0 Å². The number of hydrogen-bond donors (Lipinski definition) is 6. The van der Waals surface area contributed by atoms with Crippen LogP contribution in [0.1, 0.15) is 5.56 Å². The first kappa shape index (κ1) is 43.1. The Morgan fingerprint density at radius 1 is 0.833 bits per heavy atom. The molecule has 0 radical (unpaired) electrons. The van der Waals surface area contributed by atoms with E-state index in [-0.39, 0.29) is 26.4 Å². The molecule has 2 aromatic rings. The van der Waals surface area contributed by atoms with Gasteiger partial charge in [-0.05, 0) is 12.1 Å². The minimum atomic E-state index is -1.85. The van der Waals surface area contributed by atoms with Crippen LogP contribution in [-0.2, 0) is 58.8 Å². The minimum absolute atomic E-state index is 0.00113. The SMILES string of the molecule is C#Cc1cccc(-c2cn(CCOCCOCCOCCOCCNC(=O)C3OC(OC)C(O)C(O)C3OC3OC(C(=O)O)C(OC)C(O)C3O)nn2)c1. The molecule has 0 bridgehead atoms. The van der Waals surface area contributed by atoms with Gasteiger partial charge in [-0.25, -0.2) is 9.48 Å². The van der Waals surface area contributed by atoms with Crippen molar-refractivity contribution in [3.8, 4) is 23.6 Å². The van der Waals surface area contributed by atoms with Crippen molar-refractivity contribution >= 4 is 11.9 Å². The van der Waals surface area contributed by atoms with Gasteiger partial charge in [-0.15, -0.1) is 11.5 Å². The summed E-state index contributed by atoms with van der Waals surface area (Å²) in [7, 11) is 2.30. The van der Waals surface area contributed by atoms with Gasteiger partial charge in [0.15, 0.2) is 24.8 Å². The number of nitrogens with zero attached hydrogens (tertiary/aromatic N) is 3. The van der Waals surface area contributed by atoms with Crippen LogP contribution in [0.4, 0.5) is 0 Å². The number of carboxylic acids is 1. The molecule has 20 heteroatoms. The summed E-state index contributed by atoms with van der Waals surface area (Å²) in [6.45, 7) is 2.96. The van der Waals surface area contributed by atoms with Crippen molar-refractivity contribution < 1.29 is 77.8 Å². The molecule has 1 aromatic carbocycles. The number of carbonyl (C=O) groups excluding carboxylic acids is 1. The van der Waals surface area contributed by atoms with Crippen LogP contribution in [0.5, 0.6) is 0 Å². The van der Waals surface area contributed by atoms with Gasteiger partial charge < -0.3 is 73.5 Å². The third kappa shape index (κ3) is 11.9. The van der Waals surface area contributed by atoms with Crippen molar-refractivity contribution in [2.45, 2.75) is 68.0 Å². The zero-order valence-corrected chi connectivity index (χ0v) is 29.9. The Bertz CT molecular complexity index is 1490. The van der Waals surface area contributed by atoms with Crippen LogP contribution in [0.15, 0.2) is 30.5 Å². The molecule has 1 amide bonds. The number of aromatic nitrogens is 3. The number of terminal acetylenes is 1. The molecule has 300 valence electrons. The Kier molecular flexibility index (Phi) is 17.6. The van der Waals surface area contributed by atoms with E-state index in [1.807, 2.05) is 30.5 Å². The Hall–Kier alpha value is -3.66. The van der Waals surface area contributed by atoms with E-state index in [1.165, 1.54) is 7.11 Å². The fraction of sp³-hybridized carbons (Fsp3) is 0.647. The van der Waals surface area contributed by atoms with Gasteiger partial charge in [0.05, 0.1) is 65.6 Å². The second-order valence-electron chi connectivity index (χ2n) is 12.0. The van der Waals surface area contributed by atoms with Gasteiger partial charge in [0.1, 0.15) is 42.3 Å². The van der Waals surface area contributed by atoms with Crippen molar-refractivity contribution in [3.05, 3.63) is 36.0 Å². The summed E-state index contributed by atoms with van der Waals surface area (Å²) in [6.07, 6.45) is -9.64. The van der Waals surface area contributed by atoms with Gasteiger partial charge in [0.25, 0.3) is 5.91 Å². The van der Waals surface area contributed by atoms with Crippen molar-refractivity contribution in [3.63, 3.8) is 0 Å². The summed E-state index contributed by atoms with van der Waals surface area (Å²) < 4.78 is 50.1. The number of carbonyl (C=O) groups is 2. The molecule has 10 unspecified atom stereocenters. The average Bonchev–Trinajstić information content (AvgIpc) is 3.65. The fourth-order valence-corrected chi connectivity index (χ4v) is 5.54. The number of carboxylic acid groups (broad SMARTS) is 1. The summed E-state index contributed by atoms with van der Waals surface area (Å²) in [5.41, 5.74) is 2.38. The molecule has 54 heavy (non-hydrogen) atoms. The first-order valence-electron chi connectivity index (χ1n) is 17.1. The summed E-state index contributed by atoms with van der Waals surface area (Å²) >= 11 is 0. The van der Waals surface area contributed by atoms with Crippen molar-refractivity contribution in [2.75, 3.05) is 73.6 Å². The summed E-state index contributed by atoms with van der Waals surface area (Å²) in [4.78, 5) is 24.8. The van der Waals surface area contributed by atoms with Crippen LogP contribution in [0.2, 0.25) is 0 Å². The van der Waals surface area contributed by atoms with Crippen molar-refractivity contribution in [1.29, 1.82) is 0 Å². The highest BCUT2D eigenvalue weighted by atomic mass is 16.7. The van der Waals surface area contributed by atoms with E-state index in [0.717, 1.165) is 23.9 Å². The van der Waals surface area contributed by atoms with Crippen LogP contribution in [0.25, 0.3) is 11.3 Å². The van der Waals surface area contributed by atoms with Crippen LogP contribution >= 0.6 is 0 Å². The van der Waals surface area contributed by atoms with E-state index < -0.39 is 73.3 Å². The summed E-state index contributed by atoms with van der Waals surface area (Å²) in [5, 5.41) is 62.5. The fourth-order valence-electron chi connectivity index (χ4n) is 5.54. The van der Waals surface area contributed by atoms with E-state index >= 15 is 0 Å². The monoisotopic (exact) mass is 768 g/mol. The molecule has 10 atom stereocenters. The lowest BCUT2D eigenvalue weighted by molar-refractivity contribution is -0.348. The molecule has 6 N–H and O–H groups in total. The summed E-state index contributed by atoms with van der Waals surface area (Å²) in [6, 6.07) is 7.51. The molecule has 4 rings (SSSR count). The zero-order valence-electron chi connectivity index (χ0n) is 29.9. The average molecular weight is 769 g/mol. The number of aliphatic hydroxyl groups is 4. The van der Waals surface area contributed by atoms with Crippen molar-refractivity contribution in [2.24, 2.45) is 0 Å². The van der Waals surface area contributed by atoms with Crippen LogP contribution in [0.3, 0.4) is 0 Å². The Labute approximate surface area is 311 Å². The predicted octanol–water partition coefficient (Wildman–Crippen LogP) is -2.87. The molecule has 2 aliphatic rings. The lowest BCUT2D eigenvalue weighted by atomic mass is 9.96. The zero-order chi connectivity index (χ0) is 39.0. The Balaban J connectivity index is 1.06. The first-order chi connectivity index (χ1) is 26.1. The van der Waals surface area contributed by atoms with Gasteiger partial charge in [0.2, 0.25) is 0 Å². The van der Waals surface area contributed by atoms with E-state index in [9.17, 15) is 35.1 Å². The predicted molar refractivity (Wildman–Crippen MR) is 181 cm³/mol. The third-order valence-electron chi connectivity index (χ3n) is 8.38. The van der Waals surface area contributed by atoms with Gasteiger partial charge in [-0.3, -0.25) is 4.79 Å². The number of benzene rings is 1. The van der Waals surface area contributed by atoms with Gasteiger partial charge in [0, 0.05) is 31.9 Å². The molecule has 2 aliphatic heterocycles. The first-order valence-corrected chi connectivity index (χ1v) is 17.1. The lowest BCUT2D eigenvalue weighted by Gasteiger charge is -2.45. The smallest absolute Gasteiger partial charge is 0.335 e. The molecule has 1 aromatic heterocycles. The summed E-state index contributed by atoms with van der Waals surface area (Å²) in [5.74, 6) is 0.275. The maximum atomic E-state index is 13.1. The lowest BCUT2D eigenvalue weighted by Crippen LogP contribution is -2.66. The molecule has 3 heterocycles. The van der Waals surface area contributed by atoms with E-state index in [2.05, 4.69) is 21.5 Å². The highest BCUT2D eigenvalue weighted by molar-refractivity contribution is 5.81. The molecule has 2 fully saturated rings. The number of aliphatic hydroxyl groups excluding tert-OH is 4. The quantitative estimate of drug-likeness (QED) is 0.0520. The molecule has 2 saturated heterocycles. The number of hydrogen-bond acceptors (Lipinski definition) is 17. The molecule has 0 saturated carbocycles. The second kappa shape index (κ2) is 22.0. The maximum absolute atomic E-state index is 13.1. The largest absolute Gasteiger partial charge is 0.479 e. The van der Waals surface area contributed by atoms with Crippen LogP contribution < -0.4 is 5.32 Å². The van der Waals surface area contributed by atoms with Gasteiger partial charge in [-0.1, -0.05) is 23.3 Å². The number of ether oxygens (including phenoxy) is 9. The van der Waals surface area contributed by atoms with E-state index in [1.54, 1.807) is 4.68 Å². The maximum Gasteiger partial charge on any atom is 0.335 e. The minimum Gasteiger partial charge on any atom is -0.479 e. The van der Waals surface area contributed by atoms with Crippen LogP contribution in [0, 0.1) is 12.3 Å². The number of amides is 1. The van der Waals surface area contributed by atoms with E-state index in [4.69, 9.17) is 49.1 Å². The van der Waals surface area contributed by atoms with Crippen LogP contribution in [-0.4, -0.2) is 187 Å². The number of rotatable bonds is 22. The highest BCUT2D eigenvalue weighted by Gasteiger charge is 2.54. The third-order valence-corrected chi connectivity index (χ3v) is 8.38. The molecule has 20 nitrogen and oxygen atoms in total. The van der Waals surface area contributed by atoms with E-state index in [0.29, 0.717) is 39.6 Å². The van der Waals surface area contributed by atoms with Gasteiger partial charge >= 0.3 is 5.97 Å². The standard InChI is InChI=1S/C34H48N4O16/c1-4-20-6-5-7-21(18-20)22-19-38(37-36-22)9-11-49-13-15-51-17-16-50-14-12-48-10-8-35-31(43)29-28(24(40)25(41)33(47-3)53-29)52-34-26(42)23(39)27(46-2)30(54-34)32(44)45/h1,5-7,18-19,23-30,33-34,39-42H,8-17H2,2-3H3,(H,35,43)(H,44,45). The van der Waals surface area contributed by atoms with Crippen molar-refractivity contribution in [1.82, 2.24) is 20.3 Å². The number of methoxy groups -OCH3 is 2. The number of aliphatic carboxylic acids is 1.